The highest BCUT2D eigenvalue weighted by atomic mass is 79.9. The van der Waals surface area contributed by atoms with E-state index in [1.165, 1.54) is 12.3 Å². The van der Waals surface area contributed by atoms with Gasteiger partial charge in [-0.2, -0.15) is 5.10 Å². The number of benzene rings is 2. The first kappa shape index (κ1) is 17.8. The van der Waals surface area contributed by atoms with Crippen molar-refractivity contribution in [3.05, 3.63) is 50.4 Å². The number of amides is 1. The number of ether oxygens (including phenoxy) is 3. The largest absolute Gasteiger partial charge is 0.482 e. The summed E-state index contributed by atoms with van der Waals surface area (Å²) in [7, 11) is 0. The molecule has 0 aromatic heterocycles. The van der Waals surface area contributed by atoms with Crippen molar-refractivity contribution in [2.45, 2.75) is 0 Å². The molecule has 0 fully saturated rings. The molecule has 2 aromatic carbocycles. The molecule has 0 spiro atoms. The zero-order valence-corrected chi connectivity index (χ0v) is 15.7. The maximum absolute atomic E-state index is 11.8. The van der Waals surface area contributed by atoms with Crippen LogP contribution in [0.25, 0.3) is 0 Å². The fourth-order valence-corrected chi connectivity index (χ4v) is 2.86. The van der Waals surface area contributed by atoms with Crippen molar-refractivity contribution in [2.75, 3.05) is 13.4 Å². The van der Waals surface area contributed by atoms with Gasteiger partial charge in [0.25, 0.3) is 5.91 Å². The van der Waals surface area contributed by atoms with Gasteiger partial charge in [0.15, 0.2) is 18.1 Å². The predicted molar refractivity (Wildman–Crippen MR) is 98.0 cm³/mol. The van der Waals surface area contributed by atoms with Gasteiger partial charge in [-0.1, -0.05) is 23.2 Å². The van der Waals surface area contributed by atoms with Crippen molar-refractivity contribution >= 4 is 51.3 Å². The zero-order valence-electron chi connectivity index (χ0n) is 12.6. The summed E-state index contributed by atoms with van der Waals surface area (Å²) in [5, 5.41) is 4.71. The van der Waals surface area contributed by atoms with Gasteiger partial charge < -0.3 is 14.2 Å². The number of carbonyl (C=O) groups is 1. The maximum atomic E-state index is 11.8. The summed E-state index contributed by atoms with van der Waals surface area (Å²) in [6.45, 7) is -0.0509. The van der Waals surface area contributed by atoms with E-state index < -0.39 is 5.91 Å². The summed E-state index contributed by atoms with van der Waals surface area (Å²) in [4.78, 5) is 11.8. The highest BCUT2D eigenvalue weighted by Gasteiger charge is 2.15. The van der Waals surface area contributed by atoms with Gasteiger partial charge >= 0.3 is 0 Å². The fourth-order valence-electron chi connectivity index (χ4n) is 1.97. The van der Waals surface area contributed by atoms with Gasteiger partial charge in [-0.3, -0.25) is 4.79 Å². The number of fused-ring (bicyclic) bond motifs is 1. The van der Waals surface area contributed by atoms with Gasteiger partial charge in [-0.15, -0.1) is 0 Å². The third kappa shape index (κ3) is 4.56. The first-order chi connectivity index (χ1) is 12.0. The van der Waals surface area contributed by atoms with Crippen molar-refractivity contribution in [3.63, 3.8) is 0 Å². The molecule has 1 amide bonds. The minimum atomic E-state index is -0.431. The lowest BCUT2D eigenvalue weighted by atomic mass is 10.2. The van der Waals surface area contributed by atoms with Crippen LogP contribution in [0.15, 0.2) is 39.9 Å². The summed E-state index contributed by atoms with van der Waals surface area (Å²) < 4.78 is 16.6. The van der Waals surface area contributed by atoms with E-state index in [0.29, 0.717) is 27.3 Å². The van der Waals surface area contributed by atoms with E-state index in [1.807, 2.05) is 0 Å². The molecule has 0 saturated heterocycles. The molecule has 6 nitrogen and oxygen atoms in total. The Morgan fingerprint density at radius 2 is 2.04 bits per heavy atom. The number of hydrazone groups is 1. The molecule has 1 N–H and O–H groups in total. The molecule has 0 saturated carbocycles. The van der Waals surface area contributed by atoms with Crippen molar-refractivity contribution < 1.29 is 19.0 Å². The summed E-state index contributed by atoms with van der Waals surface area (Å²) in [5.74, 6) is 1.21. The highest BCUT2D eigenvalue weighted by molar-refractivity contribution is 9.10. The van der Waals surface area contributed by atoms with E-state index in [9.17, 15) is 4.79 Å². The van der Waals surface area contributed by atoms with Crippen LogP contribution in [0.4, 0.5) is 0 Å². The number of hydrogen-bond acceptors (Lipinski definition) is 5. The Bertz CT molecular complexity index is 845. The fraction of sp³-hybridized carbons (Fsp3) is 0.125. The normalized spacial score (nSPS) is 12.4. The monoisotopic (exact) mass is 444 g/mol. The third-order valence-electron chi connectivity index (χ3n) is 3.14. The summed E-state index contributed by atoms with van der Waals surface area (Å²) in [6.07, 6.45) is 1.49. The second kappa shape index (κ2) is 7.95. The van der Waals surface area contributed by atoms with Gasteiger partial charge in [-0.25, -0.2) is 5.43 Å². The van der Waals surface area contributed by atoms with E-state index in [4.69, 9.17) is 37.4 Å². The quantitative estimate of drug-likeness (QED) is 0.557. The molecule has 3 rings (SSSR count). The lowest BCUT2D eigenvalue weighted by molar-refractivity contribution is -0.123. The Balaban J connectivity index is 1.54. The average molecular weight is 446 g/mol. The zero-order chi connectivity index (χ0) is 17.8. The van der Waals surface area contributed by atoms with Crippen molar-refractivity contribution in [1.82, 2.24) is 5.43 Å². The standard InChI is InChI=1S/C16H11BrCl2N2O4/c17-11-5-15-14(24-8-25-15)3-9(11)6-20-21-16(22)7-23-13-2-1-10(18)4-12(13)19/h1-6H,7-8H2,(H,21,22)/b20-6+. The van der Waals surface area contributed by atoms with Crippen LogP contribution in [0.3, 0.4) is 0 Å². The van der Waals surface area contributed by atoms with Crippen LogP contribution < -0.4 is 19.6 Å². The Morgan fingerprint density at radius 1 is 1.28 bits per heavy atom. The Hall–Kier alpha value is -1.96. The number of rotatable bonds is 5. The number of carbonyl (C=O) groups excluding carboxylic acids is 1. The second-order valence-electron chi connectivity index (χ2n) is 4.88. The van der Waals surface area contributed by atoms with E-state index in [2.05, 4.69) is 26.5 Å². The summed E-state index contributed by atoms with van der Waals surface area (Å²) in [6, 6.07) is 8.27. The minimum absolute atomic E-state index is 0.184. The lowest BCUT2D eigenvalue weighted by Crippen LogP contribution is -2.24. The lowest BCUT2D eigenvalue weighted by Gasteiger charge is -2.07. The number of nitrogens with zero attached hydrogens (tertiary/aromatic N) is 1. The smallest absolute Gasteiger partial charge is 0.277 e. The molecule has 0 bridgehead atoms. The molecule has 1 aliphatic heterocycles. The summed E-state index contributed by atoms with van der Waals surface area (Å²) >= 11 is 15.2. The summed E-state index contributed by atoms with van der Waals surface area (Å²) in [5.41, 5.74) is 3.10. The third-order valence-corrected chi connectivity index (χ3v) is 4.35. The van der Waals surface area contributed by atoms with Crippen LogP contribution in [0, 0.1) is 0 Å². The molecule has 0 aliphatic carbocycles. The Kier molecular flexibility index (Phi) is 5.67. The van der Waals surface area contributed by atoms with Gasteiger partial charge in [0.1, 0.15) is 5.75 Å². The van der Waals surface area contributed by atoms with Gasteiger partial charge in [-0.05, 0) is 46.3 Å². The van der Waals surface area contributed by atoms with Gasteiger partial charge in [0, 0.05) is 15.1 Å². The van der Waals surface area contributed by atoms with Crippen LogP contribution >= 0.6 is 39.1 Å². The molecule has 0 unspecified atom stereocenters. The molecule has 1 aliphatic rings. The highest BCUT2D eigenvalue weighted by Crippen LogP contribution is 2.36. The van der Waals surface area contributed by atoms with E-state index in [-0.39, 0.29) is 13.4 Å². The molecule has 0 radical (unpaired) electrons. The van der Waals surface area contributed by atoms with Crippen LogP contribution in [0.1, 0.15) is 5.56 Å². The van der Waals surface area contributed by atoms with Gasteiger partial charge in [0.2, 0.25) is 6.79 Å². The van der Waals surface area contributed by atoms with Crippen molar-refractivity contribution in [1.29, 1.82) is 0 Å². The Labute approximate surface area is 161 Å². The molecular formula is C16H11BrCl2N2O4. The minimum Gasteiger partial charge on any atom is -0.482 e. The Morgan fingerprint density at radius 3 is 2.80 bits per heavy atom. The van der Waals surface area contributed by atoms with Crippen molar-refractivity contribution in [3.8, 4) is 17.2 Å². The molecule has 2 aromatic rings. The van der Waals surface area contributed by atoms with Crippen LogP contribution in [0.2, 0.25) is 10.0 Å². The van der Waals surface area contributed by atoms with E-state index >= 15 is 0 Å². The SMILES string of the molecule is O=C(COc1ccc(Cl)cc1Cl)N/N=C/c1cc2c(cc1Br)OCO2. The van der Waals surface area contributed by atoms with Crippen molar-refractivity contribution in [2.24, 2.45) is 5.10 Å². The van der Waals surface area contributed by atoms with Gasteiger partial charge in [0.05, 0.1) is 11.2 Å². The molecule has 0 atom stereocenters. The van der Waals surface area contributed by atoms with Crippen LogP contribution in [-0.2, 0) is 4.79 Å². The first-order valence-corrected chi connectivity index (χ1v) is 8.57. The molecule has 1 heterocycles. The van der Waals surface area contributed by atoms with E-state index in [1.54, 1.807) is 24.3 Å². The first-order valence-electron chi connectivity index (χ1n) is 7.02. The second-order valence-corrected chi connectivity index (χ2v) is 6.58. The number of halogens is 3. The average Bonchev–Trinajstić information content (AvgIpc) is 3.01. The molecule has 130 valence electrons. The molecule has 25 heavy (non-hydrogen) atoms. The number of nitrogens with one attached hydrogen (secondary N) is 1. The van der Waals surface area contributed by atoms with Crippen LogP contribution in [0.5, 0.6) is 17.2 Å². The molecular weight excluding hydrogens is 435 g/mol. The topological polar surface area (TPSA) is 69.2 Å². The van der Waals surface area contributed by atoms with Crippen LogP contribution in [-0.4, -0.2) is 25.5 Å². The van der Waals surface area contributed by atoms with E-state index in [0.717, 1.165) is 10.0 Å². The molecule has 9 heteroatoms. The number of hydrogen-bond donors (Lipinski definition) is 1. The maximum Gasteiger partial charge on any atom is 0.277 e. The predicted octanol–water partition coefficient (Wildman–Crippen LogP) is 4.01.